The van der Waals surface area contributed by atoms with Gasteiger partial charge >= 0.3 is 0 Å². The molecule has 6 rings (SSSR count). The van der Waals surface area contributed by atoms with Crippen LogP contribution in [0.15, 0.2) is 97.2 Å². The van der Waals surface area contributed by atoms with Gasteiger partial charge in [0.25, 0.3) is 0 Å². The van der Waals surface area contributed by atoms with E-state index in [0.717, 1.165) is 33.5 Å². The van der Waals surface area contributed by atoms with Gasteiger partial charge in [0.1, 0.15) is 11.8 Å². The molecule has 0 bridgehead atoms. The zero-order valence-corrected chi connectivity index (χ0v) is 25.0. The Morgan fingerprint density at radius 1 is 0.756 bits per heavy atom. The fraction of sp³-hybridized carbons (Fsp3) is 0.118. The van der Waals surface area contributed by atoms with Crippen LogP contribution in [0.2, 0.25) is 0 Å². The molecule has 204 valence electrons. The minimum atomic E-state index is -0.0795. The van der Waals surface area contributed by atoms with Gasteiger partial charge in [0.05, 0.1) is 22.6 Å². The first-order valence-electron chi connectivity index (χ1n) is 13.0. The molecular formula is C34H26N5OPt-. The van der Waals surface area contributed by atoms with E-state index in [9.17, 15) is 10.4 Å². The van der Waals surface area contributed by atoms with Crippen LogP contribution in [0, 0.1) is 11.3 Å². The van der Waals surface area contributed by atoms with Crippen molar-refractivity contribution in [1.29, 1.82) is 5.26 Å². The third-order valence-electron chi connectivity index (χ3n) is 6.96. The standard InChI is InChI=1S/C34H26N5O.Pt/c1-34(2,3)23-15-16-31(40)26(17-23)33-38-29-14-7-11-24(32(29)39-33)27-12-8-13-28(37-27)30-18-25(22(19-35)20-36-30)21-9-5-4-6-10-21;/h4-18,20H,1-3H3,(H-,36,37,38,39,40);/q-1;. The van der Waals surface area contributed by atoms with Crippen LogP contribution in [0.1, 0.15) is 31.9 Å². The van der Waals surface area contributed by atoms with Gasteiger partial charge in [-0.1, -0.05) is 81.4 Å². The van der Waals surface area contributed by atoms with Crippen LogP contribution in [0.5, 0.6) is 5.75 Å². The molecule has 41 heavy (non-hydrogen) atoms. The Morgan fingerprint density at radius 3 is 2.27 bits per heavy atom. The van der Waals surface area contributed by atoms with E-state index in [-0.39, 0.29) is 32.2 Å². The van der Waals surface area contributed by atoms with Crippen LogP contribution in [-0.4, -0.2) is 20.1 Å². The summed E-state index contributed by atoms with van der Waals surface area (Å²) < 4.78 is 0. The molecular weight excluding hydrogens is 689 g/mol. The van der Waals surface area contributed by atoms with Crippen molar-refractivity contribution in [2.24, 2.45) is 0 Å². The number of aromatic nitrogens is 4. The third-order valence-corrected chi connectivity index (χ3v) is 6.96. The molecule has 0 unspecified atom stereocenters. The van der Waals surface area contributed by atoms with Crippen LogP contribution in [-0.2, 0) is 26.5 Å². The number of benzene rings is 3. The van der Waals surface area contributed by atoms with Gasteiger partial charge in [-0.2, -0.15) is 5.26 Å². The van der Waals surface area contributed by atoms with Gasteiger partial charge in [-0.15, -0.1) is 0 Å². The molecule has 0 saturated heterocycles. The van der Waals surface area contributed by atoms with E-state index in [1.807, 2.05) is 84.9 Å². The van der Waals surface area contributed by atoms with Crippen LogP contribution in [0.4, 0.5) is 0 Å². The second kappa shape index (κ2) is 11.1. The Bertz CT molecular complexity index is 1920. The van der Waals surface area contributed by atoms with E-state index in [2.05, 4.69) is 31.8 Å². The van der Waals surface area contributed by atoms with Crippen molar-refractivity contribution in [3.63, 3.8) is 0 Å². The second-order valence-electron chi connectivity index (χ2n) is 10.7. The SMILES string of the molecule is CC(C)(C)c1ccc(O)c(-c2nc3cccc(-c4cccc(-c5cc(-c6ccccc6)c(C#N)cn5)n4)c3[n-]2)c1.[Pt]. The summed E-state index contributed by atoms with van der Waals surface area (Å²) in [5.41, 5.74) is 8.24. The number of phenols is 1. The number of phenolic OH excluding ortho intramolecular Hbond substituents is 1. The Morgan fingerprint density at radius 2 is 1.51 bits per heavy atom. The summed E-state index contributed by atoms with van der Waals surface area (Å²) in [6.07, 6.45) is 1.60. The van der Waals surface area contributed by atoms with E-state index < -0.39 is 0 Å². The second-order valence-corrected chi connectivity index (χ2v) is 10.7. The van der Waals surface area contributed by atoms with Gasteiger partial charge < -0.3 is 15.1 Å². The molecule has 3 aromatic heterocycles. The van der Waals surface area contributed by atoms with Gasteiger partial charge in [-0.05, 0) is 63.7 Å². The summed E-state index contributed by atoms with van der Waals surface area (Å²) in [5.74, 6) is 0.620. The van der Waals surface area contributed by atoms with Crippen molar-refractivity contribution in [3.05, 3.63) is 108 Å². The number of hydrogen-bond acceptors (Lipinski definition) is 5. The molecule has 0 radical (unpaired) electrons. The summed E-state index contributed by atoms with van der Waals surface area (Å²) >= 11 is 0. The van der Waals surface area contributed by atoms with Gasteiger partial charge in [-0.3, -0.25) is 4.98 Å². The molecule has 0 amide bonds. The number of fused-ring (bicyclic) bond motifs is 1. The molecule has 3 heterocycles. The summed E-state index contributed by atoms with van der Waals surface area (Å²) in [6.45, 7) is 6.40. The summed E-state index contributed by atoms with van der Waals surface area (Å²) in [6, 6.07) is 31.2. The minimum Gasteiger partial charge on any atom is -0.507 e. The average molecular weight is 716 g/mol. The molecule has 7 heteroatoms. The van der Waals surface area contributed by atoms with E-state index in [1.165, 1.54) is 0 Å². The molecule has 3 aromatic carbocycles. The Labute approximate surface area is 253 Å². The summed E-state index contributed by atoms with van der Waals surface area (Å²) in [7, 11) is 0. The molecule has 0 aliphatic heterocycles. The predicted octanol–water partition coefficient (Wildman–Crippen LogP) is 7.52. The van der Waals surface area contributed by atoms with E-state index in [0.29, 0.717) is 33.9 Å². The van der Waals surface area contributed by atoms with Crippen molar-refractivity contribution in [3.8, 4) is 57.0 Å². The maximum Gasteiger partial charge on any atom is 0.122 e. The smallest absolute Gasteiger partial charge is 0.122 e. The molecule has 6 nitrogen and oxygen atoms in total. The fourth-order valence-corrected chi connectivity index (χ4v) is 4.76. The van der Waals surface area contributed by atoms with Gasteiger partial charge in [0.15, 0.2) is 0 Å². The number of nitrogens with zero attached hydrogens (tertiary/aromatic N) is 5. The van der Waals surface area contributed by atoms with Gasteiger partial charge in [-0.25, -0.2) is 4.98 Å². The maximum atomic E-state index is 10.7. The van der Waals surface area contributed by atoms with Crippen molar-refractivity contribution in [1.82, 2.24) is 19.9 Å². The van der Waals surface area contributed by atoms with Crippen molar-refractivity contribution in [2.75, 3.05) is 0 Å². The molecule has 0 saturated carbocycles. The Balaban J connectivity index is 0.00000337. The number of hydrogen-bond donors (Lipinski definition) is 1. The number of imidazole rings is 1. The summed E-state index contributed by atoms with van der Waals surface area (Å²) in [5, 5.41) is 20.3. The molecule has 0 aliphatic rings. The van der Waals surface area contributed by atoms with Crippen LogP contribution < -0.4 is 4.98 Å². The zero-order valence-electron chi connectivity index (χ0n) is 22.7. The zero-order chi connectivity index (χ0) is 27.9. The molecule has 6 aromatic rings. The summed E-state index contributed by atoms with van der Waals surface area (Å²) in [4.78, 5) is 19.1. The molecule has 1 N–H and O–H groups in total. The normalized spacial score (nSPS) is 11.2. The van der Waals surface area contributed by atoms with Crippen LogP contribution in [0.25, 0.3) is 56.2 Å². The molecule has 0 atom stereocenters. The van der Waals surface area contributed by atoms with E-state index in [4.69, 9.17) is 15.0 Å². The molecule has 0 spiro atoms. The maximum absolute atomic E-state index is 10.7. The monoisotopic (exact) mass is 715 g/mol. The Hall–Kier alpha value is -4.59. The largest absolute Gasteiger partial charge is 0.507 e. The topological polar surface area (TPSA) is 96.8 Å². The first-order chi connectivity index (χ1) is 19.3. The predicted molar refractivity (Wildman–Crippen MR) is 157 cm³/mol. The van der Waals surface area contributed by atoms with Crippen molar-refractivity contribution in [2.45, 2.75) is 26.2 Å². The van der Waals surface area contributed by atoms with Gasteiger partial charge in [0, 0.05) is 44.0 Å². The number of rotatable bonds is 4. The molecule has 0 aliphatic carbocycles. The average Bonchev–Trinajstić information content (AvgIpc) is 3.41. The van der Waals surface area contributed by atoms with Gasteiger partial charge in [0.2, 0.25) is 0 Å². The van der Waals surface area contributed by atoms with E-state index >= 15 is 0 Å². The number of aromatic hydroxyl groups is 1. The quantitative estimate of drug-likeness (QED) is 0.203. The number of pyridine rings is 2. The van der Waals surface area contributed by atoms with Crippen LogP contribution in [0.3, 0.4) is 0 Å². The first kappa shape index (κ1) is 28.0. The van der Waals surface area contributed by atoms with Crippen molar-refractivity contribution < 1.29 is 26.2 Å². The number of para-hydroxylation sites is 1. The number of nitriles is 1. The fourth-order valence-electron chi connectivity index (χ4n) is 4.76. The third kappa shape index (κ3) is 5.42. The first-order valence-corrected chi connectivity index (χ1v) is 13.0. The Kier molecular flexibility index (Phi) is 7.58. The van der Waals surface area contributed by atoms with Crippen molar-refractivity contribution >= 4 is 11.0 Å². The minimum absolute atomic E-state index is 0. The van der Waals surface area contributed by atoms with Crippen LogP contribution >= 0.6 is 0 Å². The molecule has 0 fully saturated rings. The van der Waals surface area contributed by atoms with E-state index in [1.54, 1.807) is 12.3 Å².